The average Bonchev–Trinajstić information content (AvgIpc) is 3.64. The summed E-state index contributed by atoms with van der Waals surface area (Å²) in [5.74, 6) is -8.73. The van der Waals surface area contributed by atoms with Gasteiger partial charge in [-0.15, -0.1) is 0 Å². The minimum Gasteiger partial charge on any atom is -0.481 e. The van der Waals surface area contributed by atoms with Crippen molar-refractivity contribution < 1.29 is 58.8 Å². The van der Waals surface area contributed by atoms with Crippen LogP contribution in [0.2, 0.25) is 1.41 Å². The molecule has 0 bridgehead atoms. The molecule has 0 saturated heterocycles. The lowest BCUT2D eigenvalue weighted by Gasteiger charge is -2.41. The van der Waals surface area contributed by atoms with Crippen LogP contribution in [0.5, 0.6) is 0 Å². The zero-order chi connectivity index (χ0) is 49.3. The van der Waals surface area contributed by atoms with Crippen LogP contribution < -0.4 is 32.7 Å². The highest BCUT2D eigenvalue weighted by Crippen LogP contribution is 2.41. The van der Waals surface area contributed by atoms with E-state index in [0.29, 0.717) is 11.3 Å². The maximum atomic E-state index is 15.3. The van der Waals surface area contributed by atoms with E-state index < -0.39 is 107 Å². The van der Waals surface area contributed by atoms with Crippen LogP contribution in [0.3, 0.4) is 0 Å². The Morgan fingerprint density at radius 2 is 1.58 bits per heavy atom. The predicted octanol–water partition coefficient (Wildman–Crippen LogP) is 2.28. The Morgan fingerprint density at radius 3 is 2.20 bits per heavy atom. The summed E-state index contributed by atoms with van der Waals surface area (Å²) in [5.41, 5.74) is 8.39. The fraction of sp³-hybridized carbons (Fsp3) is 0.455. The molecule has 0 fully saturated rings. The lowest BCUT2D eigenvalue weighted by molar-refractivity contribution is -0.147. The van der Waals surface area contributed by atoms with Crippen molar-refractivity contribution in [2.45, 2.75) is 97.1 Å². The number of nitrogens with zero attached hydrogens (tertiary/aromatic N) is 2. The topological polar surface area (TPSA) is 285 Å². The van der Waals surface area contributed by atoms with Crippen molar-refractivity contribution in [3.8, 4) is 11.1 Å². The average molecular weight is 930 g/mol. The summed E-state index contributed by atoms with van der Waals surface area (Å²) in [4.78, 5) is 102. The Hall–Kier alpha value is -6.35. The number of halogens is 2. The summed E-state index contributed by atoms with van der Waals surface area (Å²) < 4.78 is 38.8. The van der Waals surface area contributed by atoms with Crippen molar-refractivity contribution in [1.29, 1.82) is 0 Å². The van der Waals surface area contributed by atoms with Crippen molar-refractivity contribution in [2.75, 3.05) is 24.6 Å². The van der Waals surface area contributed by atoms with E-state index in [1.54, 1.807) is 17.2 Å². The molecule has 3 aromatic rings. The van der Waals surface area contributed by atoms with Gasteiger partial charge in [-0.3, -0.25) is 33.6 Å². The van der Waals surface area contributed by atoms with Gasteiger partial charge in [-0.05, 0) is 55.5 Å². The first-order valence-corrected chi connectivity index (χ1v) is 21.8. The number of aromatic nitrogens is 1. The first kappa shape index (κ1) is 51.3. The van der Waals surface area contributed by atoms with Crippen molar-refractivity contribution in [3.05, 3.63) is 83.7 Å². The van der Waals surface area contributed by atoms with Gasteiger partial charge in [-0.25, -0.2) is 13.6 Å². The molecule has 0 unspecified atom stereocenters. The second kappa shape index (κ2) is 24.6. The maximum absolute atomic E-state index is 15.3. The number of thioether (sulfide) groups is 1. The highest BCUT2D eigenvalue weighted by Gasteiger charge is 2.37. The smallest absolute Gasteiger partial charge is 0.326 e. The normalized spacial score (nSPS) is 13.8. The highest BCUT2D eigenvalue weighted by molar-refractivity contribution is 7.99. The summed E-state index contributed by atoms with van der Waals surface area (Å²) in [7, 11) is 0. The number of hydrogen-bond acceptors (Lipinski definition) is 10. The largest absolute Gasteiger partial charge is 0.481 e. The van der Waals surface area contributed by atoms with E-state index in [-0.39, 0.29) is 49.5 Å². The third-order valence-electron chi connectivity index (χ3n) is 9.87. The Morgan fingerprint density at radius 1 is 0.892 bits per heavy atom. The Kier molecular flexibility index (Phi) is 19.4. The quantitative estimate of drug-likeness (QED) is 0.0539. The molecule has 3 rings (SSSR count). The third-order valence-corrected chi connectivity index (χ3v) is 10.8. The van der Waals surface area contributed by atoms with Crippen LogP contribution >= 0.6 is 11.8 Å². The summed E-state index contributed by atoms with van der Waals surface area (Å²) in [6.07, 6.45) is 0.132. The van der Waals surface area contributed by atoms with E-state index in [0.717, 1.165) is 35.5 Å². The molecule has 1 aromatic heterocycles. The van der Waals surface area contributed by atoms with Crippen molar-refractivity contribution >= 4 is 59.1 Å². The van der Waals surface area contributed by atoms with Gasteiger partial charge in [0.25, 0.3) is 0 Å². The molecule has 0 aliphatic carbocycles. The van der Waals surface area contributed by atoms with Crippen molar-refractivity contribution in [2.24, 2.45) is 16.9 Å². The van der Waals surface area contributed by atoms with Gasteiger partial charge >= 0.3 is 11.9 Å². The molecule has 0 aliphatic rings. The van der Waals surface area contributed by atoms with Gasteiger partial charge in [0.1, 0.15) is 31.2 Å². The van der Waals surface area contributed by atoms with Crippen LogP contribution in [0, 0.1) is 17.0 Å². The molecular formula is C44H58F2N8O10S. The summed E-state index contributed by atoms with van der Waals surface area (Å²) in [6, 6.07) is 8.15. The van der Waals surface area contributed by atoms with Gasteiger partial charge in [0.15, 0.2) is 0 Å². The van der Waals surface area contributed by atoms with E-state index in [4.69, 9.17) is 12.3 Å². The number of carboxylic acid groups (broad SMARTS) is 2. The monoisotopic (exact) mass is 929 g/mol. The summed E-state index contributed by atoms with van der Waals surface area (Å²) in [5, 5.41) is 28.0. The molecule has 10 N–H and O–H groups in total. The lowest BCUT2D eigenvalue weighted by Crippen LogP contribution is -2.55. The van der Waals surface area contributed by atoms with Crippen LogP contribution in [0.15, 0.2) is 60.8 Å². The highest BCUT2D eigenvalue weighted by atomic mass is 32.2. The summed E-state index contributed by atoms with van der Waals surface area (Å²) in [6.45, 7) is 8.60. The van der Waals surface area contributed by atoms with Crippen molar-refractivity contribution in [1.82, 2.24) is 30.7 Å². The van der Waals surface area contributed by atoms with Crippen molar-refractivity contribution in [3.63, 3.8) is 0 Å². The molecule has 6 amide bonds. The van der Waals surface area contributed by atoms with E-state index >= 15 is 4.39 Å². The van der Waals surface area contributed by atoms with Crippen LogP contribution in [0.1, 0.15) is 77.6 Å². The van der Waals surface area contributed by atoms with Gasteiger partial charge in [0, 0.05) is 54.8 Å². The lowest BCUT2D eigenvalue weighted by atomic mass is 9.83. The van der Waals surface area contributed by atoms with E-state index in [2.05, 4.69) is 21.3 Å². The minimum atomic E-state index is -1.65. The number of primary amides is 1. The van der Waals surface area contributed by atoms with Crippen LogP contribution in [-0.4, -0.2) is 116 Å². The first-order chi connectivity index (χ1) is 31.0. The molecule has 65 heavy (non-hydrogen) atoms. The Bertz CT molecular complexity index is 2210. The second-order valence-electron chi connectivity index (χ2n) is 16.4. The van der Waals surface area contributed by atoms with E-state index in [9.17, 15) is 47.9 Å². The molecule has 18 nitrogen and oxygen atoms in total. The van der Waals surface area contributed by atoms with Gasteiger partial charge in [0.05, 0.1) is 30.7 Å². The van der Waals surface area contributed by atoms with Crippen LogP contribution in [0.4, 0.5) is 8.78 Å². The minimum absolute atomic E-state index is 0.00408. The number of aliphatic carboxylic acids is 2. The molecular weight excluding hydrogens is 871 g/mol. The standard InChI is InChI=1S/C44H58F2N8O10S/c1-25(47)40(60)50-26(2)41(61)52-32(20-35(48)55)42(62)49-15-9-16-54(37(57)24-65-17-14-36(56)51-33(43(63)64)21-38(58)59)39(44(3,4)5)34-18-28(30-19-29(45)12-13-31(30)46)23-53(34)22-27-10-7-6-8-11-27/h6-8,10-13,18-19,23,25-26,32-33,39H,9,14-17,20-22,24,47H2,1-5H3,(H2,48,55)(H,49,62)(H,50,60)(H,51,56)(H,52,61)(H,58,59)(H,63,64)/t25-,26-,32-,33+,39-/m0/s1/i/hD. The fourth-order valence-corrected chi connectivity index (χ4v) is 7.57. The zero-order valence-corrected chi connectivity index (χ0v) is 37.6. The Balaban J connectivity index is 1.95. The fourth-order valence-electron chi connectivity index (χ4n) is 6.75. The first-order valence-electron chi connectivity index (χ1n) is 21.2. The van der Waals surface area contributed by atoms with Crippen LogP contribution in [0.25, 0.3) is 11.1 Å². The number of carbonyl (C=O) groups is 8. The van der Waals surface area contributed by atoms with E-state index in [1.807, 2.05) is 61.4 Å². The SMILES string of the molecule is [2H]N[C@@H](C)C(=O)N[C@@H](C)C(=O)N[C@@H](CC(N)=O)C(=O)NCCCN(C(=O)CSCCC(=O)N[C@H](CC(=O)O)C(=O)O)[C@@H](c1cc(-c2cc(F)ccc2F)cn1Cc1ccccc1)C(C)(C)C. The number of amides is 6. The molecule has 0 saturated carbocycles. The van der Waals surface area contributed by atoms with Gasteiger partial charge in [-0.1, -0.05) is 51.1 Å². The number of nitrogens with two attached hydrogens (primary N) is 2. The van der Waals surface area contributed by atoms with Gasteiger partial charge in [0.2, 0.25) is 35.4 Å². The molecule has 0 radical (unpaired) electrons. The molecule has 0 spiro atoms. The van der Waals surface area contributed by atoms with Gasteiger partial charge < -0.3 is 52.4 Å². The molecule has 354 valence electrons. The summed E-state index contributed by atoms with van der Waals surface area (Å²) >= 11 is 1.06. The maximum Gasteiger partial charge on any atom is 0.326 e. The van der Waals surface area contributed by atoms with Gasteiger partial charge in [-0.2, -0.15) is 11.8 Å². The van der Waals surface area contributed by atoms with E-state index in [1.165, 1.54) is 13.8 Å². The molecule has 21 heteroatoms. The van der Waals surface area contributed by atoms with Crippen LogP contribution in [-0.2, 0) is 44.9 Å². The second-order valence-corrected chi connectivity index (χ2v) is 17.5. The molecule has 5 atom stereocenters. The third kappa shape index (κ3) is 16.9. The number of carbonyl (C=O) groups excluding carboxylic acids is 6. The number of rotatable bonds is 26. The predicted molar refractivity (Wildman–Crippen MR) is 238 cm³/mol. The molecule has 0 aliphatic heterocycles. The number of hydrogen-bond donors (Lipinski definition) is 8. The zero-order valence-electron chi connectivity index (χ0n) is 37.8. The Labute approximate surface area is 381 Å². The number of carboxylic acids is 2. The molecule has 1 heterocycles. The number of nitrogens with one attached hydrogen (secondary N) is 4. The molecule has 2 aromatic carbocycles. The number of benzene rings is 2.